The van der Waals surface area contributed by atoms with Gasteiger partial charge in [0.25, 0.3) is 0 Å². The van der Waals surface area contributed by atoms with Crippen molar-refractivity contribution in [1.82, 2.24) is 14.8 Å². The summed E-state index contributed by atoms with van der Waals surface area (Å²) in [6.07, 6.45) is 1.85. The Bertz CT molecular complexity index is 853. The van der Waals surface area contributed by atoms with Gasteiger partial charge < -0.3 is 4.74 Å². The van der Waals surface area contributed by atoms with Gasteiger partial charge in [0, 0.05) is 17.6 Å². The molecule has 0 radical (unpaired) electrons. The van der Waals surface area contributed by atoms with Gasteiger partial charge in [-0.3, -0.25) is 9.48 Å². The first-order chi connectivity index (χ1) is 12.4. The van der Waals surface area contributed by atoms with Crippen LogP contribution in [-0.4, -0.2) is 33.1 Å². The Kier molecular flexibility index (Phi) is 6.89. The number of ketones is 1. The number of hydrogen-bond donors (Lipinski definition) is 0. The number of aryl methyl sites for hydroxylation is 3. The highest BCUT2D eigenvalue weighted by Crippen LogP contribution is 2.23. The van der Waals surface area contributed by atoms with Gasteiger partial charge in [0.05, 0.1) is 11.8 Å². The summed E-state index contributed by atoms with van der Waals surface area (Å²) >= 11 is 7.45. The van der Waals surface area contributed by atoms with Crippen LogP contribution in [0.25, 0.3) is 0 Å². The van der Waals surface area contributed by atoms with Crippen molar-refractivity contribution in [3.63, 3.8) is 0 Å². The first-order valence-corrected chi connectivity index (χ1v) is 9.39. The van der Waals surface area contributed by atoms with E-state index in [1.807, 2.05) is 13.0 Å². The van der Waals surface area contributed by atoms with Gasteiger partial charge in [-0.05, 0) is 20.3 Å². The fraction of sp³-hybridized carbons (Fsp3) is 0.471. The first kappa shape index (κ1) is 20.1. The second-order valence-corrected chi connectivity index (χ2v) is 7.01. The second kappa shape index (κ2) is 8.92. The molecule has 138 valence electrons. The van der Waals surface area contributed by atoms with Crippen LogP contribution in [0.3, 0.4) is 0 Å². The largest absolute Gasteiger partial charge is 0.454 e. The van der Waals surface area contributed by atoms with E-state index in [1.165, 1.54) is 11.3 Å². The van der Waals surface area contributed by atoms with Crippen molar-refractivity contribution in [2.24, 2.45) is 0 Å². The number of unbranched alkanes of at least 4 members (excludes halogenated alkanes) is 1. The molecule has 7 nitrogen and oxygen atoms in total. The Hall–Kier alpha value is -2.24. The number of nitriles is 1. The minimum absolute atomic E-state index is 0.147. The van der Waals surface area contributed by atoms with Crippen LogP contribution in [-0.2, 0) is 16.1 Å². The lowest BCUT2D eigenvalue weighted by atomic mass is 10.1. The van der Waals surface area contributed by atoms with Crippen LogP contribution in [0.2, 0.25) is 5.15 Å². The number of nitrogens with zero attached hydrogens (tertiary/aromatic N) is 4. The SMILES string of the molecule is CCCCn1nc(C)c(C(=O)OCC(=O)[C@H](C#N)c2nc(C)cs2)c1Cl. The molecule has 2 heterocycles. The molecular formula is C17H19ClN4O3S. The van der Waals surface area contributed by atoms with E-state index in [2.05, 4.69) is 10.1 Å². The van der Waals surface area contributed by atoms with Gasteiger partial charge in [0.15, 0.2) is 18.3 Å². The summed E-state index contributed by atoms with van der Waals surface area (Å²) in [6, 6.07) is 1.91. The topological polar surface area (TPSA) is 97.9 Å². The van der Waals surface area contributed by atoms with Crippen LogP contribution in [0, 0.1) is 25.2 Å². The summed E-state index contributed by atoms with van der Waals surface area (Å²) in [5, 5.41) is 15.8. The molecule has 0 unspecified atom stereocenters. The number of rotatable bonds is 8. The molecule has 26 heavy (non-hydrogen) atoms. The lowest BCUT2D eigenvalue weighted by Crippen LogP contribution is -2.20. The van der Waals surface area contributed by atoms with Crippen molar-refractivity contribution < 1.29 is 14.3 Å². The highest BCUT2D eigenvalue weighted by molar-refractivity contribution is 7.09. The van der Waals surface area contributed by atoms with Crippen molar-refractivity contribution in [3.8, 4) is 6.07 Å². The molecule has 9 heteroatoms. The van der Waals surface area contributed by atoms with E-state index in [0.717, 1.165) is 18.5 Å². The van der Waals surface area contributed by atoms with Gasteiger partial charge in [0.1, 0.15) is 15.7 Å². The highest BCUT2D eigenvalue weighted by Gasteiger charge is 2.27. The summed E-state index contributed by atoms with van der Waals surface area (Å²) in [4.78, 5) is 28.7. The molecule has 0 saturated heterocycles. The predicted molar refractivity (Wildman–Crippen MR) is 97.4 cm³/mol. The third-order valence-electron chi connectivity index (χ3n) is 3.67. The normalized spacial score (nSPS) is 11.8. The summed E-state index contributed by atoms with van der Waals surface area (Å²) < 4.78 is 6.63. The van der Waals surface area contributed by atoms with E-state index in [-0.39, 0.29) is 10.7 Å². The number of aromatic nitrogens is 3. The van der Waals surface area contributed by atoms with E-state index >= 15 is 0 Å². The van der Waals surface area contributed by atoms with E-state index in [9.17, 15) is 14.9 Å². The molecule has 1 atom stereocenters. The number of halogens is 1. The van der Waals surface area contributed by atoms with E-state index in [4.69, 9.17) is 16.3 Å². The standard InChI is InChI=1S/C17H19ClN4O3S/c1-4-5-6-22-15(18)14(11(3)21-22)17(24)25-8-13(23)12(7-19)16-20-10(2)9-26-16/h9,12H,4-6,8H2,1-3H3/t12-/m0/s1. The summed E-state index contributed by atoms with van der Waals surface area (Å²) in [7, 11) is 0. The minimum Gasteiger partial charge on any atom is -0.454 e. The average molecular weight is 395 g/mol. The van der Waals surface area contributed by atoms with Gasteiger partial charge in [0.2, 0.25) is 0 Å². The fourth-order valence-corrected chi connectivity index (χ4v) is 3.50. The van der Waals surface area contributed by atoms with Gasteiger partial charge in [-0.25, -0.2) is 9.78 Å². The van der Waals surface area contributed by atoms with E-state index in [1.54, 1.807) is 23.9 Å². The molecule has 2 aromatic rings. The number of hydrogen-bond acceptors (Lipinski definition) is 7. The molecule has 0 aliphatic carbocycles. The predicted octanol–water partition coefficient (Wildman–Crippen LogP) is 3.44. The Morgan fingerprint density at radius 3 is 2.77 bits per heavy atom. The molecule has 0 aliphatic rings. The van der Waals surface area contributed by atoms with Crippen LogP contribution >= 0.6 is 22.9 Å². The molecule has 0 bridgehead atoms. The van der Waals surface area contributed by atoms with Crippen LogP contribution in [0.4, 0.5) is 0 Å². The van der Waals surface area contributed by atoms with Crippen molar-refractivity contribution in [1.29, 1.82) is 5.26 Å². The van der Waals surface area contributed by atoms with Gasteiger partial charge in [-0.2, -0.15) is 10.4 Å². The summed E-state index contributed by atoms with van der Waals surface area (Å²) in [5.41, 5.74) is 1.32. The number of carbonyl (C=O) groups excluding carboxylic acids is 2. The zero-order valence-corrected chi connectivity index (χ0v) is 16.4. The highest BCUT2D eigenvalue weighted by atomic mass is 35.5. The molecular weight excluding hydrogens is 376 g/mol. The first-order valence-electron chi connectivity index (χ1n) is 8.13. The molecule has 2 rings (SSSR count). The summed E-state index contributed by atoms with van der Waals surface area (Å²) in [5.74, 6) is -2.30. The van der Waals surface area contributed by atoms with Crippen molar-refractivity contribution in [3.05, 3.63) is 32.5 Å². The maximum Gasteiger partial charge on any atom is 0.343 e. The fourth-order valence-electron chi connectivity index (χ4n) is 2.30. The second-order valence-electron chi connectivity index (χ2n) is 5.76. The van der Waals surface area contributed by atoms with Gasteiger partial charge in [-0.15, -0.1) is 11.3 Å². The average Bonchev–Trinajstić information content (AvgIpc) is 3.14. The Morgan fingerprint density at radius 2 is 2.19 bits per heavy atom. The molecule has 0 N–H and O–H groups in total. The van der Waals surface area contributed by atoms with Crippen LogP contribution < -0.4 is 0 Å². The lowest BCUT2D eigenvalue weighted by Gasteiger charge is -2.07. The van der Waals surface area contributed by atoms with Crippen LogP contribution in [0.5, 0.6) is 0 Å². The Balaban J connectivity index is 2.05. The van der Waals surface area contributed by atoms with Crippen molar-refractivity contribution in [2.45, 2.75) is 46.1 Å². The van der Waals surface area contributed by atoms with Crippen LogP contribution in [0.15, 0.2) is 5.38 Å². The van der Waals surface area contributed by atoms with E-state index < -0.39 is 24.3 Å². The smallest absolute Gasteiger partial charge is 0.343 e. The van der Waals surface area contributed by atoms with Gasteiger partial charge >= 0.3 is 5.97 Å². The van der Waals surface area contributed by atoms with Crippen LogP contribution in [0.1, 0.15) is 52.4 Å². The number of thiazole rings is 1. The van der Waals surface area contributed by atoms with Crippen molar-refractivity contribution >= 4 is 34.7 Å². The number of ether oxygens (including phenoxy) is 1. The lowest BCUT2D eigenvalue weighted by molar-refractivity contribution is -0.122. The molecule has 2 aromatic heterocycles. The molecule has 0 aliphatic heterocycles. The molecule has 0 fully saturated rings. The molecule has 0 amide bonds. The monoisotopic (exact) mass is 394 g/mol. The van der Waals surface area contributed by atoms with Gasteiger partial charge in [-0.1, -0.05) is 24.9 Å². The number of carbonyl (C=O) groups is 2. The number of Topliss-reactive ketones (excluding diaryl/α,β-unsaturated/α-hetero) is 1. The maximum absolute atomic E-state index is 12.3. The molecule has 0 aromatic carbocycles. The maximum atomic E-state index is 12.3. The zero-order chi connectivity index (χ0) is 19.3. The quantitative estimate of drug-likeness (QED) is 0.636. The third-order valence-corrected chi connectivity index (χ3v) is 5.08. The Morgan fingerprint density at radius 1 is 1.46 bits per heavy atom. The summed E-state index contributed by atoms with van der Waals surface area (Å²) in [6.45, 7) is 5.55. The molecule has 0 spiro atoms. The van der Waals surface area contributed by atoms with Crippen molar-refractivity contribution in [2.75, 3.05) is 6.61 Å². The molecule has 0 saturated carbocycles. The third kappa shape index (κ3) is 4.48. The minimum atomic E-state index is -1.05. The Labute approximate surface area is 160 Å². The zero-order valence-electron chi connectivity index (χ0n) is 14.8. The number of esters is 1. The van der Waals surface area contributed by atoms with E-state index in [0.29, 0.717) is 17.2 Å².